The number of rotatable bonds is 6. The van der Waals surface area contributed by atoms with Crippen LogP contribution in [0.1, 0.15) is 24.2 Å². The van der Waals surface area contributed by atoms with Crippen LogP contribution in [-0.4, -0.2) is 30.6 Å². The molecule has 0 saturated heterocycles. The molecule has 1 amide bonds. The molecule has 0 radical (unpaired) electrons. The Balaban J connectivity index is 2.98. The minimum Gasteiger partial charge on any atom is -0.383 e. The van der Waals surface area contributed by atoms with Gasteiger partial charge >= 0.3 is 0 Å². The summed E-state index contributed by atoms with van der Waals surface area (Å²) in [6, 6.07) is 3.95. The third-order valence-electron chi connectivity index (χ3n) is 2.89. The first-order valence-electron chi connectivity index (χ1n) is 6.11. The van der Waals surface area contributed by atoms with E-state index in [1.807, 2.05) is 13.8 Å². The van der Waals surface area contributed by atoms with Crippen molar-refractivity contribution in [3.63, 3.8) is 0 Å². The largest absolute Gasteiger partial charge is 0.383 e. The van der Waals surface area contributed by atoms with E-state index in [0.717, 1.165) is 0 Å². The quantitative estimate of drug-likeness (QED) is 0.647. The highest BCUT2D eigenvalue weighted by molar-refractivity contribution is 6.35. The molecule has 1 aromatic carbocycles. The Morgan fingerprint density at radius 2 is 2.15 bits per heavy atom. The number of carbonyl (C=O) groups excluding carboxylic acids is 1. The average Bonchev–Trinajstić information content (AvgIpc) is 2.37. The summed E-state index contributed by atoms with van der Waals surface area (Å²) in [4.78, 5) is 22.3. The Morgan fingerprint density at radius 3 is 2.65 bits per heavy atom. The highest BCUT2D eigenvalue weighted by Gasteiger charge is 2.22. The molecule has 1 N–H and O–H groups in total. The van der Waals surface area contributed by atoms with E-state index >= 15 is 0 Å². The lowest BCUT2D eigenvalue weighted by atomic mass is 10.0. The van der Waals surface area contributed by atoms with Gasteiger partial charge in [-0.15, -0.1) is 0 Å². The molecule has 7 heteroatoms. The second kappa shape index (κ2) is 7.21. The van der Waals surface area contributed by atoms with E-state index in [2.05, 4.69) is 5.32 Å². The number of methoxy groups -OCH3 is 1. The minimum absolute atomic E-state index is 0.0858. The molecule has 6 nitrogen and oxygen atoms in total. The van der Waals surface area contributed by atoms with Crippen LogP contribution in [0.5, 0.6) is 0 Å². The van der Waals surface area contributed by atoms with Crippen molar-refractivity contribution in [1.82, 2.24) is 5.32 Å². The number of carbonyl (C=O) groups is 1. The van der Waals surface area contributed by atoms with Crippen LogP contribution in [0, 0.1) is 16.0 Å². The van der Waals surface area contributed by atoms with Crippen molar-refractivity contribution in [3.8, 4) is 0 Å². The smallest absolute Gasteiger partial charge is 0.288 e. The van der Waals surface area contributed by atoms with Crippen LogP contribution in [0.15, 0.2) is 18.2 Å². The maximum Gasteiger partial charge on any atom is 0.288 e. The summed E-state index contributed by atoms with van der Waals surface area (Å²) < 4.78 is 5.04. The maximum atomic E-state index is 12.2. The summed E-state index contributed by atoms with van der Waals surface area (Å²) in [5.74, 6) is -0.286. The topological polar surface area (TPSA) is 81.5 Å². The Morgan fingerprint density at radius 1 is 1.50 bits per heavy atom. The van der Waals surface area contributed by atoms with Crippen LogP contribution >= 0.6 is 11.6 Å². The summed E-state index contributed by atoms with van der Waals surface area (Å²) in [5, 5.41) is 13.4. The number of hydrogen-bond donors (Lipinski definition) is 1. The molecule has 20 heavy (non-hydrogen) atoms. The first-order valence-corrected chi connectivity index (χ1v) is 6.49. The second-order valence-corrected chi connectivity index (χ2v) is 5.05. The Kier molecular flexibility index (Phi) is 5.91. The fourth-order valence-electron chi connectivity index (χ4n) is 1.66. The molecule has 0 aliphatic heterocycles. The zero-order chi connectivity index (χ0) is 15.3. The van der Waals surface area contributed by atoms with Crippen molar-refractivity contribution >= 4 is 23.2 Å². The van der Waals surface area contributed by atoms with Crippen LogP contribution in [0.4, 0.5) is 5.69 Å². The molecule has 0 fully saturated rings. The molecule has 0 aliphatic carbocycles. The number of hydrogen-bond acceptors (Lipinski definition) is 4. The number of benzene rings is 1. The van der Waals surface area contributed by atoms with Crippen molar-refractivity contribution in [2.24, 2.45) is 5.92 Å². The predicted molar refractivity (Wildman–Crippen MR) is 76.1 cm³/mol. The standard InChI is InChI=1S/C13H17ClN2O4/c1-8(2)10(7-20-3)15-13(17)9-5-4-6-11(12(9)14)16(18)19/h4-6,8,10H,7H2,1-3H3,(H,15,17). The van der Waals surface area contributed by atoms with Gasteiger partial charge in [0.25, 0.3) is 11.6 Å². The fourth-order valence-corrected chi connectivity index (χ4v) is 1.94. The molecular weight excluding hydrogens is 284 g/mol. The average molecular weight is 301 g/mol. The second-order valence-electron chi connectivity index (χ2n) is 4.68. The van der Waals surface area contributed by atoms with Crippen LogP contribution < -0.4 is 5.32 Å². The molecule has 110 valence electrons. The van der Waals surface area contributed by atoms with Gasteiger partial charge in [0.05, 0.1) is 23.1 Å². The maximum absolute atomic E-state index is 12.2. The number of ether oxygens (including phenoxy) is 1. The molecule has 0 aliphatic rings. The minimum atomic E-state index is -0.617. The lowest BCUT2D eigenvalue weighted by Crippen LogP contribution is -2.41. The molecular formula is C13H17ClN2O4. The van der Waals surface area contributed by atoms with Gasteiger partial charge in [0, 0.05) is 13.2 Å². The summed E-state index contributed by atoms with van der Waals surface area (Å²) in [6.45, 7) is 4.24. The monoisotopic (exact) mass is 300 g/mol. The lowest BCUT2D eigenvalue weighted by molar-refractivity contribution is -0.384. The van der Waals surface area contributed by atoms with Crippen LogP contribution in [0.25, 0.3) is 0 Å². The number of nitro groups is 1. The van der Waals surface area contributed by atoms with E-state index in [0.29, 0.717) is 6.61 Å². The third-order valence-corrected chi connectivity index (χ3v) is 3.28. The molecule has 1 unspecified atom stereocenters. The number of nitro benzene ring substituents is 1. The lowest BCUT2D eigenvalue weighted by Gasteiger charge is -2.21. The van der Waals surface area contributed by atoms with Gasteiger partial charge in [-0.1, -0.05) is 31.5 Å². The molecule has 1 atom stereocenters. The fraction of sp³-hybridized carbons (Fsp3) is 0.462. The van der Waals surface area contributed by atoms with Gasteiger partial charge < -0.3 is 10.1 Å². The SMILES string of the molecule is COCC(NC(=O)c1cccc([N+](=O)[O-])c1Cl)C(C)C. The molecule has 0 saturated carbocycles. The number of nitrogens with zero attached hydrogens (tertiary/aromatic N) is 1. The van der Waals surface area contributed by atoms with Gasteiger partial charge in [0.15, 0.2) is 0 Å². The molecule has 1 rings (SSSR count). The van der Waals surface area contributed by atoms with Gasteiger partial charge in [0.2, 0.25) is 0 Å². The van der Waals surface area contributed by atoms with Crippen LogP contribution in [-0.2, 0) is 4.74 Å². The molecule has 0 heterocycles. The van der Waals surface area contributed by atoms with Crippen molar-refractivity contribution in [3.05, 3.63) is 38.9 Å². The van der Waals surface area contributed by atoms with E-state index in [1.165, 1.54) is 18.2 Å². The van der Waals surface area contributed by atoms with E-state index < -0.39 is 10.8 Å². The number of amides is 1. The zero-order valence-electron chi connectivity index (χ0n) is 11.6. The summed E-state index contributed by atoms with van der Waals surface area (Å²) in [7, 11) is 1.54. The Labute approximate surface area is 122 Å². The molecule has 1 aromatic rings. The van der Waals surface area contributed by atoms with Crippen molar-refractivity contribution in [2.75, 3.05) is 13.7 Å². The van der Waals surface area contributed by atoms with E-state index in [1.54, 1.807) is 7.11 Å². The van der Waals surface area contributed by atoms with E-state index in [4.69, 9.17) is 16.3 Å². The van der Waals surface area contributed by atoms with Crippen molar-refractivity contribution in [1.29, 1.82) is 0 Å². The van der Waals surface area contributed by atoms with Gasteiger partial charge in [-0.25, -0.2) is 0 Å². The molecule has 0 aromatic heterocycles. The van der Waals surface area contributed by atoms with Gasteiger partial charge in [0.1, 0.15) is 5.02 Å². The first kappa shape index (κ1) is 16.4. The van der Waals surface area contributed by atoms with Gasteiger partial charge in [-0.3, -0.25) is 14.9 Å². The highest BCUT2D eigenvalue weighted by Crippen LogP contribution is 2.27. The van der Waals surface area contributed by atoms with E-state index in [-0.39, 0.29) is 28.2 Å². The van der Waals surface area contributed by atoms with Crippen LogP contribution in [0.3, 0.4) is 0 Å². The van der Waals surface area contributed by atoms with Gasteiger partial charge in [-0.05, 0) is 12.0 Å². The zero-order valence-corrected chi connectivity index (χ0v) is 12.3. The Hall–Kier alpha value is -1.66. The van der Waals surface area contributed by atoms with Crippen molar-refractivity contribution < 1.29 is 14.5 Å². The van der Waals surface area contributed by atoms with E-state index in [9.17, 15) is 14.9 Å². The predicted octanol–water partition coefficient (Wildman–Crippen LogP) is 2.65. The van der Waals surface area contributed by atoms with Crippen molar-refractivity contribution in [2.45, 2.75) is 19.9 Å². The summed E-state index contributed by atoms with van der Waals surface area (Å²) >= 11 is 5.90. The number of nitrogens with one attached hydrogen (secondary N) is 1. The first-order chi connectivity index (χ1) is 9.38. The highest BCUT2D eigenvalue weighted by atomic mass is 35.5. The normalized spacial score (nSPS) is 12.2. The summed E-state index contributed by atoms with van der Waals surface area (Å²) in [5.41, 5.74) is -0.199. The van der Waals surface area contributed by atoms with Gasteiger partial charge in [-0.2, -0.15) is 0 Å². The van der Waals surface area contributed by atoms with Crippen LogP contribution in [0.2, 0.25) is 5.02 Å². The molecule has 0 spiro atoms. The third kappa shape index (κ3) is 3.91. The molecule has 0 bridgehead atoms. The summed E-state index contributed by atoms with van der Waals surface area (Å²) in [6.07, 6.45) is 0. The number of halogens is 1. The Bertz CT molecular complexity index is 505.